The average Bonchev–Trinajstić information content (AvgIpc) is 3.24. The molecule has 14 heteroatoms. The number of esters is 4. The van der Waals surface area contributed by atoms with Gasteiger partial charge >= 0.3 is 23.9 Å². The maximum Gasteiger partial charge on any atom is 0.348 e. The number of methoxy groups -OCH3 is 1. The topological polar surface area (TPSA) is 218 Å². The molecule has 0 amide bonds. The van der Waals surface area contributed by atoms with Gasteiger partial charge in [0.1, 0.15) is 18.2 Å². The van der Waals surface area contributed by atoms with Crippen LogP contribution in [0.5, 0.6) is 0 Å². The molecule has 14 nitrogen and oxygen atoms in total. The highest BCUT2D eigenvalue weighted by Gasteiger charge is 2.85. The quantitative estimate of drug-likeness (QED) is 0.159. The van der Waals surface area contributed by atoms with Crippen molar-refractivity contribution in [3.05, 3.63) is 23.0 Å². The summed E-state index contributed by atoms with van der Waals surface area (Å²) in [6.07, 6.45) is -5.39. The Morgan fingerprint density at radius 1 is 1.19 bits per heavy atom. The first-order valence-electron chi connectivity index (χ1n) is 14.1. The Morgan fingerprint density at radius 2 is 1.86 bits per heavy atom. The number of carbonyl (C=O) groups excluding carboxylic acids is 5. The van der Waals surface area contributed by atoms with E-state index in [-0.39, 0.29) is 25.2 Å². The van der Waals surface area contributed by atoms with E-state index in [1.807, 2.05) is 0 Å². The number of allylic oxidation sites excluding steroid dienone is 3. The van der Waals surface area contributed by atoms with Crippen LogP contribution in [0.3, 0.4) is 0 Å². The summed E-state index contributed by atoms with van der Waals surface area (Å²) in [5.74, 6) is -7.74. The molecule has 4 fully saturated rings. The van der Waals surface area contributed by atoms with Crippen molar-refractivity contribution in [1.29, 1.82) is 0 Å². The second kappa shape index (κ2) is 10.5. The summed E-state index contributed by atoms with van der Waals surface area (Å²) in [7, 11) is 1.07. The number of aliphatic hydroxyl groups is 3. The number of Topliss-reactive ketones (excluding diaryl/α,β-unsaturated/α-hetero) is 1. The summed E-state index contributed by atoms with van der Waals surface area (Å²) in [6, 6.07) is -1.38. The van der Waals surface area contributed by atoms with Gasteiger partial charge in [-0.25, -0.2) is 19.2 Å². The van der Waals surface area contributed by atoms with Gasteiger partial charge in [-0.2, -0.15) is 0 Å². The fourth-order valence-corrected chi connectivity index (χ4v) is 8.63. The van der Waals surface area contributed by atoms with E-state index in [4.69, 9.17) is 29.4 Å². The summed E-state index contributed by atoms with van der Waals surface area (Å²) >= 11 is 0. The van der Waals surface area contributed by atoms with Crippen LogP contribution in [0, 0.1) is 28.6 Å². The summed E-state index contributed by atoms with van der Waals surface area (Å²) in [6.45, 7) is 5.63. The third-order valence-electron chi connectivity index (χ3n) is 10.2. The summed E-state index contributed by atoms with van der Waals surface area (Å²) in [5, 5.41) is 32.7. The number of ketones is 1. The van der Waals surface area contributed by atoms with Gasteiger partial charge in [0.25, 0.3) is 0 Å². The van der Waals surface area contributed by atoms with Gasteiger partial charge in [0, 0.05) is 23.8 Å². The molecule has 5 rings (SSSR count). The fraction of sp³-hybridized carbons (Fsp3) is 0.690. The number of ether oxygens (including phenoxy) is 5. The van der Waals surface area contributed by atoms with Crippen LogP contribution in [0.25, 0.3) is 0 Å². The lowest BCUT2D eigenvalue weighted by molar-refractivity contribution is -0.290. The van der Waals surface area contributed by atoms with Gasteiger partial charge in [0.05, 0.1) is 32.3 Å². The van der Waals surface area contributed by atoms with Crippen molar-refractivity contribution in [2.45, 2.75) is 76.6 Å². The van der Waals surface area contributed by atoms with E-state index in [0.717, 1.165) is 13.2 Å². The monoisotopic (exact) mass is 607 g/mol. The lowest BCUT2D eigenvalue weighted by Gasteiger charge is -2.67. The number of hydrogen-bond acceptors (Lipinski definition) is 14. The van der Waals surface area contributed by atoms with Crippen LogP contribution in [-0.4, -0.2) is 101 Å². The minimum atomic E-state index is -2.29. The van der Waals surface area contributed by atoms with Crippen LogP contribution in [-0.2, 0) is 47.7 Å². The van der Waals surface area contributed by atoms with E-state index >= 15 is 0 Å². The van der Waals surface area contributed by atoms with Crippen molar-refractivity contribution < 1.29 is 63.0 Å². The van der Waals surface area contributed by atoms with Gasteiger partial charge in [-0.1, -0.05) is 12.5 Å². The minimum Gasteiger partial charge on any atom is -0.467 e. The zero-order chi connectivity index (χ0) is 31.8. The normalized spacial score (nSPS) is 41.7. The molecular formula is C29H37NO13. The molecule has 5 N–H and O–H groups in total. The lowest BCUT2D eigenvalue weighted by atomic mass is 9.38. The smallest absolute Gasteiger partial charge is 0.348 e. The SMILES string of the molecule is COC(=O)[C@@]12OC[C@]34C([C@@H](O)[C@@H]1O)[C@@]1(C)CC(=O)C(OC(=O)[C@@H](N)CO)=C(C)[C@@H]1C[C@H]3OC(=O)[C@H](OC(=O)C=C(C)C)[C@@H]24. The van der Waals surface area contributed by atoms with E-state index < -0.39 is 101 Å². The Morgan fingerprint density at radius 3 is 2.47 bits per heavy atom. The second-order valence-corrected chi connectivity index (χ2v) is 12.7. The molecule has 0 radical (unpaired) electrons. The van der Waals surface area contributed by atoms with E-state index in [9.17, 15) is 39.3 Å². The Balaban J connectivity index is 1.68. The van der Waals surface area contributed by atoms with E-state index in [2.05, 4.69) is 0 Å². The van der Waals surface area contributed by atoms with Crippen LogP contribution in [0.1, 0.15) is 40.5 Å². The minimum absolute atomic E-state index is 0.0690. The maximum absolute atomic E-state index is 13.6. The van der Waals surface area contributed by atoms with Crippen LogP contribution >= 0.6 is 0 Å². The third kappa shape index (κ3) is 4.14. The van der Waals surface area contributed by atoms with Gasteiger partial charge in [-0.15, -0.1) is 0 Å². The van der Waals surface area contributed by atoms with Gasteiger partial charge < -0.3 is 44.7 Å². The Kier molecular flexibility index (Phi) is 7.62. The second-order valence-electron chi connectivity index (χ2n) is 12.7. The molecule has 2 saturated carbocycles. The maximum atomic E-state index is 13.6. The molecule has 5 aliphatic rings. The number of aliphatic hydroxyl groups excluding tert-OH is 3. The molecule has 2 saturated heterocycles. The van der Waals surface area contributed by atoms with Gasteiger partial charge in [-0.3, -0.25) is 4.79 Å². The average molecular weight is 608 g/mol. The molecule has 1 unspecified atom stereocenters. The largest absolute Gasteiger partial charge is 0.467 e. The highest BCUT2D eigenvalue weighted by atomic mass is 16.6. The van der Waals surface area contributed by atoms with E-state index in [0.29, 0.717) is 11.1 Å². The zero-order valence-corrected chi connectivity index (χ0v) is 24.5. The van der Waals surface area contributed by atoms with E-state index in [1.54, 1.807) is 27.7 Å². The molecule has 2 bridgehead atoms. The molecule has 0 aromatic carbocycles. The first-order valence-corrected chi connectivity index (χ1v) is 14.1. The first kappa shape index (κ1) is 31.3. The summed E-state index contributed by atoms with van der Waals surface area (Å²) < 4.78 is 27.9. The Labute approximate surface area is 247 Å². The fourth-order valence-electron chi connectivity index (χ4n) is 8.63. The highest BCUT2D eigenvalue weighted by Crippen LogP contribution is 2.72. The number of hydrogen-bond donors (Lipinski definition) is 4. The molecule has 11 atom stereocenters. The van der Waals surface area contributed by atoms with Crippen LogP contribution < -0.4 is 5.73 Å². The van der Waals surface area contributed by atoms with Crippen molar-refractivity contribution >= 4 is 29.7 Å². The van der Waals surface area contributed by atoms with Crippen molar-refractivity contribution in [2.24, 2.45) is 34.3 Å². The predicted molar refractivity (Wildman–Crippen MR) is 141 cm³/mol. The molecule has 236 valence electrons. The lowest BCUT2D eigenvalue weighted by Crippen LogP contribution is -2.79. The Hall–Kier alpha value is -3.17. The van der Waals surface area contributed by atoms with Crippen molar-refractivity contribution in [2.75, 3.05) is 20.3 Å². The number of carbonyl (C=O) groups is 5. The molecule has 1 spiro atoms. The molecule has 2 heterocycles. The van der Waals surface area contributed by atoms with E-state index in [1.165, 1.54) is 0 Å². The standard InChI is InChI=1S/C29H37NO13/c1-11(2)6-17(33)42-20-22-28-10-40-29(22,26(38)39-5)23(35)18(34)21(28)27(4)8-15(32)19(43-24(36)14(30)9-31)12(3)13(27)7-16(28)41-25(20)37/h6,13-14,16,18,20-23,31,34-35H,7-10,30H2,1-5H3/t13-,14-,16+,18+,20+,21?,22+,23-,27-,28+,29-/m0/s1. The van der Waals surface area contributed by atoms with Crippen molar-refractivity contribution in [3.8, 4) is 0 Å². The summed E-state index contributed by atoms with van der Waals surface area (Å²) in [5.41, 5.74) is 1.68. The number of nitrogens with two attached hydrogens (primary N) is 1. The molecular weight excluding hydrogens is 570 g/mol. The predicted octanol–water partition coefficient (Wildman–Crippen LogP) is -1.18. The van der Waals surface area contributed by atoms with Crippen molar-refractivity contribution in [3.63, 3.8) is 0 Å². The van der Waals surface area contributed by atoms with Crippen LogP contribution in [0.15, 0.2) is 23.0 Å². The number of rotatable bonds is 6. The van der Waals surface area contributed by atoms with Crippen LogP contribution in [0.2, 0.25) is 0 Å². The number of fused-ring (bicyclic) bond motifs is 2. The highest BCUT2D eigenvalue weighted by molar-refractivity contribution is 5.98. The van der Waals surface area contributed by atoms with Gasteiger partial charge in [0.15, 0.2) is 11.5 Å². The zero-order valence-electron chi connectivity index (χ0n) is 24.5. The molecule has 0 aromatic rings. The molecule has 3 aliphatic carbocycles. The molecule has 0 aromatic heterocycles. The Bertz CT molecular complexity index is 1340. The van der Waals surface area contributed by atoms with Crippen molar-refractivity contribution in [1.82, 2.24) is 0 Å². The third-order valence-corrected chi connectivity index (χ3v) is 10.2. The summed E-state index contributed by atoms with van der Waals surface area (Å²) in [4.78, 5) is 65.7. The molecule has 43 heavy (non-hydrogen) atoms. The first-order chi connectivity index (χ1) is 20.1. The van der Waals surface area contributed by atoms with Gasteiger partial charge in [0.2, 0.25) is 11.7 Å². The molecule has 2 aliphatic heterocycles. The van der Waals surface area contributed by atoms with Gasteiger partial charge in [-0.05, 0) is 44.1 Å². The van der Waals surface area contributed by atoms with Crippen LogP contribution in [0.4, 0.5) is 0 Å².